The maximum Gasteiger partial charge on any atom is 0.237 e. The number of aromatic nitrogens is 1. The largest absolute Gasteiger partial charge is 0.361 e. The highest BCUT2D eigenvalue weighted by Crippen LogP contribution is 2.19. The maximum absolute atomic E-state index is 12.2. The third-order valence-corrected chi connectivity index (χ3v) is 4.63. The molecule has 3 rings (SSSR count). The number of rotatable bonds is 5. The molecule has 2 heterocycles. The molecule has 0 aliphatic carbocycles. The van der Waals surface area contributed by atoms with Gasteiger partial charge in [-0.2, -0.15) is 0 Å². The molecule has 1 unspecified atom stereocenters. The van der Waals surface area contributed by atoms with Gasteiger partial charge in [0, 0.05) is 29.7 Å². The van der Waals surface area contributed by atoms with E-state index in [1.807, 2.05) is 24.4 Å². The Morgan fingerprint density at radius 2 is 2.32 bits per heavy atom. The van der Waals surface area contributed by atoms with Crippen molar-refractivity contribution in [3.8, 4) is 0 Å². The normalized spacial score (nSPS) is 20.4. The van der Waals surface area contributed by atoms with Gasteiger partial charge in [-0.15, -0.1) is 0 Å². The summed E-state index contributed by atoms with van der Waals surface area (Å²) in [4.78, 5) is 17.7. The van der Waals surface area contributed by atoms with Crippen molar-refractivity contribution in [1.29, 1.82) is 0 Å². The lowest BCUT2D eigenvalue weighted by Gasteiger charge is -2.21. The zero-order valence-electron chi connectivity index (χ0n) is 13.0. The second-order valence-corrected chi connectivity index (χ2v) is 6.19. The lowest BCUT2D eigenvalue weighted by molar-refractivity contribution is -0.122. The number of hydrogen-bond donors (Lipinski definition) is 3. The van der Waals surface area contributed by atoms with Gasteiger partial charge in [-0.05, 0) is 44.5 Å². The van der Waals surface area contributed by atoms with Crippen molar-refractivity contribution in [2.45, 2.75) is 31.3 Å². The smallest absolute Gasteiger partial charge is 0.237 e. The van der Waals surface area contributed by atoms with E-state index in [4.69, 9.17) is 5.73 Å². The molecule has 1 aromatic heterocycles. The first-order valence-electron chi connectivity index (χ1n) is 7.93. The van der Waals surface area contributed by atoms with Gasteiger partial charge in [-0.25, -0.2) is 0 Å². The van der Waals surface area contributed by atoms with E-state index in [1.54, 1.807) is 0 Å². The van der Waals surface area contributed by atoms with Crippen LogP contribution in [0.4, 0.5) is 0 Å². The van der Waals surface area contributed by atoms with Crippen LogP contribution in [0.15, 0.2) is 30.5 Å². The topological polar surface area (TPSA) is 74.2 Å². The number of H-pyrrole nitrogens is 1. The molecule has 0 saturated carbocycles. The molecule has 5 nitrogen and oxygen atoms in total. The van der Waals surface area contributed by atoms with E-state index in [1.165, 1.54) is 6.42 Å². The minimum Gasteiger partial charge on any atom is -0.361 e. The van der Waals surface area contributed by atoms with Gasteiger partial charge in [0.15, 0.2) is 0 Å². The van der Waals surface area contributed by atoms with E-state index < -0.39 is 6.04 Å². The molecule has 1 aromatic carbocycles. The van der Waals surface area contributed by atoms with Crippen LogP contribution in [-0.4, -0.2) is 48.0 Å². The number of fused-ring (bicyclic) bond motifs is 1. The minimum atomic E-state index is -0.508. The molecule has 22 heavy (non-hydrogen) atoms. The average Bonchev–Trinajstić information content (AvgIpc) is 3.12. The molecular formula is C17H24N4O. The SMILES string of the molecule is CN1CCCC1CNC(=O)[C@@H](N)Cc1c[nH]c2ccccc12. The molecule has 5 heteroatoms. The molecular weight excluding hydrogens is 276 g/mol. The van der Waals surface area contributed by atoms with Crippen molar-refractivity contribution in [3.63, 3.8) is 0 Å². The Balaban J connectivity index is 1.57. The molecule has 2 atom stereocenters. The van der Waals surface area contributed by atoms with E-state index in [0.29, 0.717) is 19.0 Å². The third-order valence-electron chi connectivity index (χ3n) is 4.63. The Labute approximate surface area is 130 Å². The zero-order chi connectivity index (χ0) is 15.5. The van der Waals surface area contributed by atoms with E-state index in [-0.39, 0.29) is 5.91 Å². The van der Waals surface area contributed by atoms with Crippen LogP contribution in [0, 0.1) is 0 Å². The number of hydrogen-bond acceptors (Lipinski definition) is 3. The van der Waals surface area contributed by atoms with Gasteiger partial charge >= 0.3 is 0 Å². The third kappa shape index (κ3) is 3.15. The number of para-hydroxylation sites is 1. The van der Waals surface area contributed by atoms with Crippen molar-refractivity contribution < 1.29 is 4.79 Å². The lowest BCUT2D eigenvalue weighted by Crippen LogP contribution is -2.46. The highest BCUT2D eigenvalue weighted by Gasteiger charge is 2.22. The maximum atomic E-state index is 12.2. The average molecular weight is 300 g/mol. The second-order valence-electron chi connectivity index (χ2n) is 6.19. The molecule has 0 spiro atoms. The Kier molecular flexibility index (Phi) is 4.45. The number of nitrogens with zero attached hydrogens (tertiary/aromatic N) is 1. The second kappa shape index (κ2) is 6.50. The monoisotopic (exact) mass is 300 g/mol. The Bertz CT molecular complexity index is 651. The van der Waals surface area contributed by atoms with Crippen LogP contribution >= 0.6 is 0 Å². The van der Waals surface area contributed by atoms with Crippen LogP contribution in [0.1, 0.15) is 18.4 Å². The summed E-state index contributed by atoms with van der Waals surface area (Å²) in [6.07, 6.45) is 4.85. The number of amides is 1. The van der Waals surface area contributed by atoms with Crippen molar-refractivity contribution in [2.75, 3.05) is 20.1 Å². The molecule has 1 fully saturated rings. The van der Waals surface area contributed by atoms with Crippen molar-refractivity contribution in [3.05, 3.63) is 36.0 Å². The van der Waals surface area contributed by atoms with Gasteiger partial charge in [-0.3, -0.25) is 4.79 Å². The van der Waals surface area contributed by atoms with Gasteiger partial charge in [0.05, 0.1) is 6.04 Å². The first kappa shape index (κ1) is 15.1. The number of likely N-dealkylation sites (N-methyl/N-ethyl adjacent to an activating group) is 1. The summed E-state index contributed by atoms with van der Waals surface area (Å²) in [6.45, 7) is 1.80. The highest BCUT2D eigenvalue weighted by atomic mass is 16.2. The first-order valence-corrected chi connectivity index (χ1v) is 7.93. The van der Waals surface area contributed by atoms with Crippen LogP contribution in [0.3, 0.4) is 0 Å². The van der Waals surface area contributed by atoms with Crippen molar-refractivity contribution >= 4 is 16.8 Å². The summed E-state index contributed by atoms with van der Waals surface area (Å²) >= 11 is 0. The van der Waals surface area contributed by atoms with E-state index >= 15 is 0 Å². The Morgan fingerprint density at radius 1 is 1.50 bits per heavy atom. The Morgan fingerprint density at radius 3 is 3.09 bits per heavy atom. The number of carbonyl (C=O) groups excluding carboxylic acids is 1. The number of aromatic amines is 1. The quantitative estimate of drug-likeness (QED) is 0.778. The van der Waals surface area contributed by atoms with Gasteiger partial charge in [0.1, 0.15) is 0 Å². The molecule has 1 amide bonds. The molecule has 0 radical (unpaired) electrons. The van der Waals surface area contributed by atoms with E-state index in [9.17, 15) is 4.79 Å². The van der Waals surface area contributed by atoms with Crippen LogP contribution in [-0.2, 0) is 11.2 Å². The minimum absolute atomic E-state index is 0.0643. The first-order chi connectivity index (χ1) is 10.6. The molecule has 4 N–H and O–H groups in total. The highest BCUT2D eigenvalue weighted by molar-refractivity contribution is 5.86. The number of nitrogens with one attached hydrogen (secondary N) is 2. The number of benzene rings is 1. The summed E-state index contributed by atoms with van der Waals surface area (Å²) < 4.78 is 0. The van der Waals surface area contributed by atoms with Gasteiger partial charge in [0.2, 0.25) is 5.91 Å². The standard InChI is InChI=1S/C17H24N4O/c1-21-8-4-5-13(21)11-20-17(22)15(18)9-12-10-19-16-7-3-2-6-14(12)16/h2-3,6-7,10,13,15,19H,4-5,8-9,11,18H2,1H3,(H,20,22)/t13?,15-/m0/s1. The summed E-state index contributed by atoms with van der Waals surface area (Å²) in [5, 5.41) is 4.14. The molecule has 1 aliphatic rings. The number of carbonyl (C=O) groups is 1. The number of nitrogens with two attached hydrogens (primary N) is 1. The van der Waals surface area contributed by atoms with Gasteiger partial charge in [0.25, 0.3) is 0 Å². The number of likely N-dealkylation sites (tertiary alicyclic amines) is 1. The molecule has 1 aliphatic heterocycles. The fraction of sp³-hybridized carbons (Fsp3) is 0.471. The van der Waals surface area contributed by atoms with Crippen LogP contribution in [0.5, 0.6) is 0 Å². The van der Waals surface area contributed by atoms with E-state index in [0.717, 1.165) is 29.4 Å². The molecule has 0 bridgehead atoms. The fourth-order valence-electron chi connectivity index (χ4n) is 3.22. The van der Waals surface area contributed by atoms with Gasteiger partial charge < -0.3 is 20.9 Å². The van der Waals surface area contributed by atoms with E-state index in [2.05, 4.69) is 28.3 Å². The summed E-state index contributed by atoms with van der Waals surface area (Å²) in [5.41, 5.74) is 8.25. The summed E-state index contributed by atoms with van der Waals surface area (Å²) in [5.74, 6) is -0.0643. The molecule has 1 saturated heterocycles. The Hall–Kier alpha value is -1.85. The van der Waals surface area contributed by atoms with Crippen LogP contribution in [0.2, 0.25) is 0 Å². The summed E-state index contributed by atoms with van der Waals surface area (Å²) in [7, 11) is 2.11. The predicted octanol–water partition coefficient (Wildman–Crippen LogP) is 1.25. The zero-order valence-corrected chi connectivity index (χ0v) is 13.0. The van der Waals surface area contributed by atoms with Crippen LogP contribution in [0.25, 0.3) is 10.9 Å². The molecule has 2 aromatic rings. The lowest BCUT2D eigenvalue weighted by atomic mass is 10.0. The summed E-state index contributed by atoms with van der Waals surface area (Å²) in [6, 6.07) is 8.02. The van der Waals surface area contributed by atoms with Crippen LogP contribution < -0.4 is 11.1 Å². The van der Waals surface area contributed by atoms with Gasteiger partial charge in [-0.1, -0.05) is 18.2 Å². The molecule has 118 valence electrons. The fourth-order valence-corrected chi connectivity index (χ4v) is 3.22. The van der Waals surface area contributed by atoms with Crippen molar-refractivity contribution in [1.82, 2.24) is 15.2 Å². The predicted molar refractivity (Wildman–Crippen MR) is 88.6 cm³/mol. The van der Waals surface area contributed by atoms with Crippen molar-refractivity contribution in [2.24, 2.45) is 5.73 Å².